The standard InChI is InChI=1S/C26H25N3O6S/c1-3-14-35-21-9-4-18(15-16(21)2)24(30)22-23(17-10-12-28-13-11-17)29(26(32)25(22)31)19-5-7-20(8-6-19)36(27,33)34/h4-13,15,23,30H,3,14H2,1-2H3,(H2,27,33,34)/b24-22+. The van der Waals surface area contributed by atoms with Gasteiger partial charge in [0.25, 0.3) is 11.7 Å². The van der Waals surface area contributed by atoms with Crippen molar-refractivity contribution >= 4 is 33.2 Å². The highest BCUT2D eigenvalue weighted by Crippen LogP contribution is 2.42. The zero-order valence-corrected chi connectivity index (χ0v) is 20.5. The number of carbonyl (C=O) groups excluding carboxylic acids is 2. The number of pyridine rings is 1. The number of ether oxygens (including phenoxy) is 1. The first-order chi connectivity index (χ1) is 17.1. The molecule has 1 aliphatic rings. The average Bonchev–Trinajstić information content (AvgIpc) is 3.13. The summed E-state index contributed by atoms with van der Waals surface area (Å²) < 4.78 is 29.0. The van der Waals surface area contributed by atoms with Gasteiger partial charge >= 0.3 is 0 Å². The molecule has 4 rings (SSSR count). The molecule has 0 spiro atoms. The molecule has 0 radical (unpaired) electrons. The predicted octanol–water partition coefficient (Wildman–Crippen LogP) is 3.45. The average molecular weight is 508 g/mol. The van der Waals surface area contributed by atoms with Crippen molar-refractivity contribution in [2.24, 2.45) is 5.14 Å². The van der Waals surface area contributed by atoms with Gasteiger partial charge in [-0.3, -0.25) is 19.5 Å². The second-order valence-corrected chi connectivity index (χ2v) is 9.88. The third-order valence-corrected chi connectivity index (χ3v) is 6.75. The number of aromatic nitrogens is 1. The van der Waals surface area contributed by atoms with E-state index in [1.807, 2.05) is 13.8 Å². The Labute approximate surface area is 208 Å². The molecule has 1 amide bonds. The lowest BCUT2D eigenvalue weighted by atomic mass is 9.95. The maximum Gasteiger partial charge on any atom is 0.300 e. The topological polar surface area (TPSA) is 140 Å². The van der Waals surface area contributed by atoms with Gasteiger partial charge in [0.15, 0.2) is 0 Å². The molecule has 0 aliphatic carbocycles. The first-order valence-electron chi connectivity index (χ1n) is 11.2. The first kappa shape index (κ1) is 25.1. The molecule has 2 aromatic carbocycles. The lowest BCUT2D eigenvalue weighted by Gasteiger charge is -2.25. The fourth-order valence-corrected chi connectivity index (χ4v) is 4.60. The first-order valence-corrected chi connectivity index (χ1v) is 12.8. The van der Waals surface area contributed by atoms with Gasteiger partial charge in [-0.15, -0.1) is 0 Å². The smallest absolute Gasteiger partial charge is 0.300 e. The highest BCUT2D eigenvalue weighted by Gasteiger charge is 2.47. The number of amides is 1. The van der Waals surface area contributed by atoms with Gasteiger partial charge < -0.3 is 9.84 Å². The molecule has 3 aromatic rings. The predicted molar refractivity (Wildman–Crippen MR) is 134 cm³/mol. The van der Waals surface area contributed by atoms with E-state index in [0.717, 1.165) is 12.0 Å². The van der Waals surface area contributed by atoms with E-state index in [0.29, 0.717) is 23.5 Å². The van der Waals surface area contributed by atoms with Crippen LogP contribution in [0.1, 0.15) is 36.1 Å². The van der Waals surface area contributed by atoms with Crippen molar-refractivity contribution in [2.45, 2.75) is 31.2 Å². The number of anilines is 1. The molecule has 186 valence electrons. The Bertz CT molecular complexity index is 1450. The highest BCUT2D eigenvalue weighted by atomic mass is 32.2. The van der Waals surface area contributed by atoms with Crippen molar-refractivity contribution < 1.29 is 27.9 Å². The number of rotatable bonds is 7. The van der Waals surface area contributed by atoms with Gasteiger partial charge in [0.2, 0.25) is 10.0 Å². The van der Waals surface area contributed by atoms with Crippen LogP contribution in [-0.2, 0) is 19.6 Å². The van der Waals surface area contributed by atoms with Gasteiger partial charge in [-0.1, -0.05) is 6.92 Å². The number of ketones is 1. The minimum atomic E-state index is -3.95. The van der Waals surface area contributed by atoms with Crippen LogP contribution in [0.5, 0.6) is 5.75 Å². The van der Waals surface area contributed by atoms with Crippen molar-refractivity contribution in [3.05, 3.63) is 89.3 Å². The van der Waals surface area contributed by atoms with Crippen molar-refractivity contribution in [2.75, 3.05) is 11.5 Å². The van der Waals surface area contributed by atoms with Crippen molar-refractivity contribution in [3.8, 4) is 5.75 Å². The summed E-state index contributed by atoms with van der Waals surface area (Å²) in [6.07, 6.45) is 3.88. The molecule has 1 saturated heterocycles. The number of benzene rings is 2. The minimum absolute atomic E-state index is 0.0941. The third kappa shape index (κ3) is 4.73. The van der Waals surface area contributed by atoms with Gasteiger partial charge in [-0.05, 0) is 79.1 Å². The Morgan fingerprint density at radius 2 is 1.75 bits per heavy atom. The quantitative estimate of drug-likeness (QED) is 0.284. The number of hydrogen-bond donors (Lipinski definition) is 2. The summed E-state index contributed by atoms with van der Waals surface area (Å²) in [5, 5.41) is 16.5. The maximum absolute atomic E-state index is 13.2. The van der Waals surface area contributed by atoms with E-state index in [1.165, 1.54) is 41.6 Å². The van der Waals surface area contributed by atoms with Crippen LogP contribution < -0.4 is 14.8 Å². The Balaban J connectivity index is 1.85. The van der Waals surface area contributed by atoms with E-state index in [-0.39, 0.29) is 21.9 Å². The summed E-state index contributed by atoms with van der Waals surface area (Å²) in [7, 11) is -3.95. The Morgan fingerprint density at radius 3 is 2.33 bits per heavy atom. The summed E-state index contributed by atoms with van der Waals surface area (Å²) in [4.78, 5) is 31.5. The number of nitrogens with zero attached hydrogens (tertiary/aromatic N) is 2. The molecule has 1 unspecified atom stereocenters. The van der Waals surface area contributed by atoms with Crippen LogP contribution in [-0.4, -0.2) is 36.8 Å². The van der Waals surface area contributed by atoms with Gasteiger partial charge in [0, 0.05) is 23.6 Å². The Hall–Kier alpha value is -4.02. The molecule has 0 saturated carbocycles. The second kappa shape index (κ2) is 9.92. The van der Waals surface area contributed by atoms with E-state index in [1.54, 1.807) is 30.3 Å². The van der Waals surface area contributed by atoms with Crippen LogP contribution in [0, 0.1) is 6.92 Å². The maximum atomic E-state index is 13.2. The zero-order chi connectivity index (χ0) is 26.0. The molecule has 3 N–H and O–H groups in total. The zero-order valence-electron chi connectivity index (χ0n) is 19.7. The molecule has 9 nitrogen and oxygen atoms in total. The molecule has 1 fully saturated rings. The molecule has 36 heavy (non-hydrogen) atoms. The number of aliphatic hydroxyl groups is 1. The molecular formula is C26H25N3O6S. The molecule has 1 aromatic heterocycles. The van der Waals surface area contributed by atoms with Crippen LogP contribution in [0.4, 0.5) is 5.69 Å². The van der Waals surface area contributed by atoms with E-state index in [2.05, 4.69) is 4.98 Å². The lowest BCUT2D eigenvalue weighted by Crippen LogP contribution is -2.29. The van der Waals surface area contributed by atoms with Crippen molar-refractivity contribution in [1.29, 1.82) is 0 Å². The van der Waals surface area contributed by atoms with Gasteiger partial charge in [0.1, 0.15) is 11.5 Å². The number of aliphatic hydroxyl groups excluding tert-OH is 1. The van der Waals surface area contributed by atoms with Gasteiger partial charge in [-0.25, -0.2) is 13.6 Å². The molecule has 2 heterocycles. The number of hydrogen-bond acceptors (Lipinski definition) is 7. The van der Waals surface area contributed by atoms with Crippen LogP contribution in [0.2, 0.25) is 0 Å². The number of sulfonamides is 1. The fraction of sp³-hybridized carbons (Fsp3) is 0.192. The normalized spacial score (nSPS) is 17.4. The van der Waals surface area contributed by atoms with E-state index >= 15 is 0 Å². The molecule has 1 aliphatic heterocycles. The number of aryl methyl sites for hydroxylation is 1. The Kier molecular flexibility index (Phi) is 6.91. The fourth-order valence-electron chi connectivity index (χ4n) is 4.08. The number of carbonyl (C=O) groups is 2. The van der Waals surface area contributed by atoms with Crippen molar-refractivity contribution in [1.82, 2.24) is 4.98 Å². The third-order valence-electron chi connectivity index (χ3n) is 5.82. The summed E-state index contributed by atoms with van der Waals surface area (Å²) in [6.45, 7) is 4.37. The number of Topliss-reactive ketones (excluding diaryl/α,β-unsaturated/α-hetero) is 1. The van der Waals surface area contributed by atoms with Crippen molar-refractivity contribution in [3.63, 3.8) is 0 Å². The van der Waals surface area contributed by atoms with E-state index in [9.17, 15) is 23.1 Å². The number of nitrogens with two attached hydrogens (primary N) is 1. The largest absolute Gasteiger partial charge is 0.507 e. The molecule has 10 heteroatoms. The molecule has 0 bridgehead atoms. The van der Waals surface area contributed by atoms with Crippen LogP contribution in [0.3, 0.4) is 0 Å². The molecular weight excluding hydrogens is 482 g/mol. The number of primary sulfonamides is 1. The summed E-state index contributed by atoms with van der Waals surface area (Å²) in [5.74, 6) is -1.39. The lowest BCUT2D eigenvalue weighted by molar-refractivity contribution is -0.132. The Morgan fingerprint density at radius 1 is 1.08 bits per heavy atom. The summed E-state index contributed by atoms with van der Waals surface area (Å²) in [5.41, 5.74) is 1.84. The summed E-state index contributed by atoms with van der Waals surface area (Å²) >= 11 is 0. The SMILES string of the molecule is CCCOc1ccc(/C(O)=C2\C(=O)C(=O)N(c3ccc(S(N)(=O)=O)cc3)C2c2ccncc2)cc1C. The highest BCUT2D eigenvalue weighted by molar-refractivity contribution is 7.89. The molecule has 1 atom stereocenters. The monoisotopic (exact) mass is 507 g/mol. The van der Waals surface area contributed by atoms with E-state index < -0.39 is 27.8 Å². The second-order valence-electron chi connectivity index (χ2n) is 8.32. The van der Waals surface area contributed by atoms with E-state index in [4.69, 9.17) is 9.88 Å². The van der Waals surface area contributed by atoms with Crippen LogP contribution in [0.25, 0.3) is 5.76 Å². The van der Waals surface area contributed by atoms with Crippen LogP contribution in [0.15, 0.2) is 77.5 Å². The minimum Gasteiger partial charge on any atom is -0.507 e. The summed E-state index contributed by atoms with van der Waals surface area (Å²) in [6, 6.07) is 12.6. The van der Waals surface area contributed by atoms with Gasteiger partial charge in [-0.2, -0.15) is 0 Å². The van der Waals surface area contributed by atoms with Crippen LogP contribution >= 0.6 is 0 Å². The van der Waals surface area contributed by atoms with Gasteiger partial charge in [0.05, 0.1) is 23.1 Å².